The van der Waals surface area contributed by atoms with Crippen molar-refractivity contribution in [2.75, 3.05) is 6.61 Å². The number of carbonyl (C=O) groups is 2. The minimum Gasteiger partial charge on any atom is -0.481 e. The van der Waals surface area contributed by atoms with E-state index in [9.17, 15) is 9.59 Å². The van der Waals surface area contributed by atoms with E-state index in [1.165, 1.54) is 0 Å². The van der Waals surface area contributed by atoms with E-state index in [-0.39, 0.29) is 12.4 Å². The smallest absolute Gasteiger partial charge is 0.317 e. The minimum absolute atomic E-state index is 0. The van der Waals surface area contributed by atoms with Gasteiger partial charge in [0, 0.05) is 0 Å². The van der Waals surface area contributed by atoms with Crippen LogP contribution in [0.4, 0.5) is 0 Å². The van der Waals surface area contributed by atoms with E-state index in [0.29, 0.717) is 6.61 Å². The largest absolute Gasteiger partial charge is 0.481 e. The summed E-state index contributed by atoms with van der Waals surface area (Å²) in [4.78, 5) is 20.5. The number of carboxylic acids is 1. The molecule has 0 aromatic carbocycles. The van der Waals surface area contributed by atoms with Crippen LogP contribution in [0.1, 0.15) is 26.2 Å². The van der Waals surface area contributed by atoms with Crippen molar-refractivity contribution in [2.24, 2.45) is 0 Å². The highest BCUT2D eigenvalue weighted by molar-refractivity contribution is 5.90. The first-order valence-electron chi connectivity index (χ1n) is 3.54. The Bertz CT molecular complexity index is 146. The highest BCUT2D eigenvalue weighted by Gasteiger charge is 2.07. The lowest BCUT2D eigenvalue weighted by Gasteiger charge is -1.99. The molecule has 0 radical (unpaired) electrons. The molecule has 0 bridgehead atoms. The monoisotopic (exact) mass is 196 g/mol. The van der Waals surface area contributed by atoms with E-state index in [4.69, 9.17) is 5.11 Å². The number of ether oxygens (including phenoxy) is 1. The third-order valence-corrected chi connectivity index (χ3v) is 1.06. The Hall–Kier alpha value is -0.770. The van der Waals surface area contributed by atoms with Crippen LogP contribution >= 0.6 is 12.4 Å². The molecule has 0 rings (SSSR count). The van der Waals surface area contributed by atoms with Gasteiger partial charge in [-0.2, -0.15) is 0 Å². The Morgan fingerprint density at radius 2 is 2.00 bits per heavy atom. The van der Waals surface area contributed by atoms with Gasteiger partial charge in [-0.3, -0.25) is 9.59 Å². The second-order valence-corrected chi connectivity index (χ2v) is 2.14. The molecule has 0 heterocycles. The Kier molecular flexibility index (Phi) is 9.57. The van der Waals surface area contributed by atoms with E-state index in [1.807, 2.05) is 6.92 Å². The molecule has 4 nitrogen and oxygen atoms in total. The van der Waals surface area contributed by atoms with Crippen LogP contribution in [-0.2, 0) is 14.3 Å². The van der Waals surface area contributed by atoms with Crippen molar-refractivity contribution in [3.63, 3.8) is 0 Å². The third kappa shape index (κ3) is 9.23. The summed E-state index contributed by atoms with van der Waals surface area (Å²) in [6, 6.07) is 0. The average Bonchev–Trinajstić information content (AvgIpc) is 1.86. The summed E-state index contributed by atoms with van der Waals surface area (Å²) < 4.78 is 4.57. The van der Waals surface area contributed by atoms with Crippen molar-refractivity contribution in [3.05, 3.63) is 0 Å². The van der Waals surface area contributed by atoms with Crippen LogP contribution in [0, 0.1) is 0 Å². The summed E-state index contributed by atoms with van der Waals surface area (Å²) in [7, 11) is 0. The molecule has 0 unspecified atom stereocenters. The molecule has 0 atom stereocenters. The van der Waals surface area contributed by atoms with Gasteiger partial charge in [0.15, 0.2) is 0 Å². The average molecular weight is 197 g/mol. The van der Waals surface area contributed by atoms with Gasteiger partial charge in [-0.15, -0.1) is 12.4 Å². The SMILES string of the molecule is CCCCOC(=O)CC(=O)O.Cl. The minimum atomic E-state index is -1.15. The van der Waals surface area contributed by atoms with Gasteiger partial charge in [-0.05, 0) is 6.42 Å². The summed E-state index contributed by atoms with van der Waals surface area (Å²) in [5.41, 5.74) is 0. The molecular formula is C7H13ClO4. The maximum Gasteiger partial charge on any atom is 0.317 e. The van der Waals surface area contributed by atoms with E-state index in [2.05, 4.69) is 4.74 Å². The fourth-order valence-corrected chi connectivity index (χ4v) is 0.505. The van der Waals surface area contributed by atoms with E-state index in [0.717, 1.165) is 12.8 Å². The predicted molar refractivity (Wildman–Crippen MR) is 45.4 cm³/mol. The molecule has 0 spiro atoms. The maximum absolute atomic E-state index is 10.5. The molecule has 5 heteroatoms. The van der Waals surface area contributed by atoms with Crippen molar-refractivity contribution in [3.8, 4) is 0 Å². The number of rotatable bonds is 5. The van der Waals surface area contributed by atoms with Gasteiger partial charge in [-0.1, -0.05) is 13.3 Å². The first-order chi connectivity index (χ1) is 5.16. The number of halogens is 1. The molecule has 72 valence electrons. The van der Waals surface area contributed by atoms with Gasteiger partial charge in [0.25, 0.3) is 0 Å². The summed E-state index contributed by atoms with van der Waals surface area (Å²) in [5, 5.41) is 8.14. The topological polar surface area (TPSA) is 63.6 Å². The van der Waals surface area contributed by atoms with Gasteiger partial charge < -0.3 is 9.84 Å². The molecule has 0 aromatic rings. The quantitative estimate of drug-likeness (QED) is 0.408. The molecular weight excluding hydrogens is 184 g/mol. The predicted octanol–water partition coefficient (Wildman–Crippen LogP) is 1.23. The zero-order valence-electron chi connectivity index (χ0n) is 6.91. The molecule has 1 N–H and O–H groups in total. The number of carbonyl (C=O) groups excluding carboxylic acids is 1. The zero-order chi connectivity index (χ0) is 8.69. The number of hydrogen-bond donors (Lipinski definition) is 1. The molecule has 0 saturated heterocycles. The van der Waals surface area contributed by atoms with E-state index < -0.39 is 18.4 Å². The highest BCUT2D eigenvalue weighted by Crippen LogP contribution is 1.91. The van der Waals surface area contributed by atoms with Crippen LogP contribution < -0.4 is 0 Å². The van der Waals surface area contributed by atoms with Crippen molar-refractivity contribution in [1.82, 2.24) is 0 Å². The van der Waals surface area contributed by atoms with E-state index >= 15 is 0 Å². The number of esters is 1. The number of unbranched alkanes of at least 4 members (excludes halogenated alkanes) is 1. The van der Waals surface area contributed by atoms with E-state index in [1.54, 1.807) is 0 Å². The maximum atomic E-state index is 10.5. The van der Waals surface area contributed by atoms with Crippen LogP contribution in [0.15, 0.2) is 0 Å². The molecule has 12 heavy (non-hydrogen) atoms. The van der Waals surface area contributed by atoms with Crippen molar-refractivity contribution in [2.45, 2.75) is 26.2 Å². The molecule has 0 saturated carbocycles. The Balaban J connectivity index is 0. The third-order valence-electron chi connectivity index (χ3n) is 1.06. The van der Waals surface area contributed by atoms with Gasteiger partial charge >= 0.3 is 11.9 Å². The highest BCUT2D eigenvalue weighted by atomic mass is 35.5. The number of carboxylic acid groups (broad SMARTS) is 1. The van der Waals surface area contributed by atoms with Gasteiger partial charge in [-0.25, -0.2) is 0 Å². The Labute approximate surface area is 77.3 Å². The lowest BCUT2D eigenvalue weighted by atomic mass is 10.3. The summed E-state index contributed by atoms with van der Waals surface area (Å²) in [5.74, 6) is -1.81. The molecule has 0 aliphatic rings. The van der Waals surface area contributed by atoms with Gasteiger partial charge in [0.1, 0.15) is 6.42 Å². The fraction of sp³-hybridized carbons (Fsp3) is 0.714. The molecule has 0 fully saturated rings. The summed E-state index contributed by atoms with van der Waals surface area (Å²) in [6.07, 6.45) is 1.18. The second-order valence-electron chi connectivity index (χ2n) is 2.14. The zero-order valence-corrected chi connectivity index (χ0v) is 7.73. The normalized spacial score (nSPS) is 8.42. The molecule has 0 aromatic heterocycles. The first-order valence-corrected chi connectivity index (χ1v) is 3.54. The lowest BCUT2D eigenvalue weighted by molar-refractivity contribution is -0.151. The van der Waals surface area contributed by atoms with Gasteiger partial charge in [0.05, 0.1) is 6.61 Å². The van der Waals surface area contributed by atoms with Crippen molar-refractivity contribution >= 4 is 24.3 Å². The Morgan fingerprint density at radius 3 is 2.42 bits per heavy atom. The summed E-state index contributed by atoms with van der Waals surface area (Å²) >= 11 is 0. The first kappa shape index (κ1) is 13.8. The fourth-order valence-electron chi connectivity index (χ4n) is 0.505. The Morgan fingerprint density at radius 1 is 1.42 bits per heavy atom. The molecule has 0 aliphatic heterocycles. The van der Waals surface area contributed by atoms with Crippen molar-refractivity contribution in [1.29, 1.82) is 0 Å². The van der Waals surface area contributed by atoms with Crippen LogP contribution in [0.25, 0.3) is 0 Å². The second kappa shape index (κ2) is 8.33. The van der Waals surface area contributed by atoms with Crippen LogP contribution in [0.5, 0.6) is 0 Å². The lowest BCUT2D eigenvalue weighted by Crippen LogP contribution is -2.10. The standard InChI is InChI=1S/C7H12O4.ClH/c1-2-3-4-11-7(10)5-6(8)9;/h2-5H2,1H3,(H,8,9);1H. The van der Waals surface area contributed by atoms with Crippen LogP contribution in [0.2, 0.25) is 0 Å². The van der Waals surface area contributed by atoms with Crippen molar-refractivity contribution < 1.29 is 19.4 Å². The number of aliphatic carboxylic acids is 1. The molecule has 0 amide bonds. The molecule has 0 aliphatic carbocycles. The van der Waals surface area contributed by atoms with Crippen LogP contribution in [0.3, 0.4) is 0 Å². The summed E-state index contributed by atoms with van der Waals surface area (Å²) in [6.45, 7) is 2.29. The number of hydrogen-bond acceptors (Lipinski definition) is 3. The van der Waals surface area contributed by atoms with Crippen LogP contribution in [-0.4, -0.2) is 23.7 Å². The van der Waals surface area contributed by atoms with Gasteiger partial charge in [0.2, 0.25) is 0 Å².